The van der Waals surface area contributed by atoms with Gasteiger partial charge in [-0.25, -0.2) is 0 Å². The predicted octanol–water partition coefficient (Wildman–Crippen LogP) is 5.44. The van der Waals surface area contributed by atoms with E-state index >= 15 is 0 Å². The summed E-state index contributed by atoms with van der Waals surface area (Å²) in [5, 5.41) is 12.9. The van der Waals surface area contributed by atoms with Crippen LogP contribution < -0.4 is 10.2 Å². The number of furan rings is 1. The lowest BCUT2D eigenvalue weighted by Crippen LogP contribution is -2.32. The smallest absolute Gasteiger partial charge is 0.265 e. The molecular weight excluding hydrogens is 526 g/mol. The quantitative estimate of drug-likeness (QED) is 0.331. The Hall–Kier alpha value is -2.99. The molecule has 0 saturated carbocycles. The van der Waals surface area contributed by atoms with Gasteiger partial charge >= 0.3 is 0 Å². The van der Waals surface area contributed by atoms with Crippen molar-refractivity contribution in [1.82, 2.24) is 5.32 Å². The molecule has 2 heterocycles. The van der Waals surface area contributed by atoms with Crippen LogP contribution in [0.25, 0.3) is 0 Å². The molecule has 0 spiro atoms. The average molecular weight is 543 g/mol. The first kappa shape index (κ1) is 23.2. The Kier molecular flexibility index (Phi) is 7.23. The van der Waals surface area contributed by atoms with E-state index in [1.54, 1.807) is 42.5 Å². The molecule has 0 aliphatic carbocycles. The summed E-state index contributed by atoms with van der Waals surface area (Å²) in [5.41, 5.74) is 1.26. The predicted molar refractivity (Wildman–Crippen MR) is 131 cm³/mol. The third-order valence-electron chi connectivity index (χ3n) is 4.96. The molecular formula is C24H17BrClN3O3S. The first-order valence-corrected chi connectivity index (χ1v) is 12.0. The maximum atomic E-state index is 13.5. The molecule has 9 heteroatoms. The highest BCUT2D eigenvalue weighted by Gasteiger charge is 2.41. The second kappa shape index (κ2) is 10.3. The number of thioether (sulfide) groups is 1. The zero-order chi connectivity index (χ0) is 23.4. The van der Waals surface area contributed by atoms with Gasteiger partial charge in [0.05, 0.1) is 18.1 Å². The number of anilines is 1. The number of carbonyl (C=O) groups excluding carboxylic acids is 2. The van der Waals surface area contributed by atoms with E-state index in [2.05, 4.69) is 21.2 Å². The van der Waals surface area contributed by atoms with Crippen molar-refractivity contribution in [3.63, 3.8) is 0 Å². The van der Waals surface area contributed by atoms with Crippen LogP contribution in [-0.2, 0) is 22.6 Å². The number of benzene rings is 2. The molecule has 1 N–H and O–H groups in total. The van der Waals surface area contributed by atoms with Crippen molar-refractivity contribution in [2.24, 2.45) is 0 Å². The van der Waals surface area contributed by atoms with Crippen LogP contribution in [0.15, 0.2) is 86.4 Å². The molecule has 1 aliphatic rings. The van der Waals surface area contributed by atoms with E-state index in [0.29, 0.717) is 27.9 Å². The fourth-order valence-electron chi connectivity index (χ4n) is 3.34. The molecule has 1 aliphatic heterocycles. The lowest BCUT2D eigenvalue weighted by molar-refractivity contribution is -0.117. The van der Waals surface area contributed by atoms with Gasteiger partial charge in [-0.05, 0) is 54.4 Å². The Balaban J connectivity index is 1.69. The van der Waals surface area contributed by atoms with E-state index < -0.39 is 11.2 Å². The monoisotopic (exact) mass is 541 g/mol. The topological polar surface area (TPSA) is 86.3 Å². The molecule has 0 radical (unpaired) electrons. The lowest BCUT2D eigenvalue weighted by atomic mass is 10.1. The van der Waals surface area contributed by atoms with Gasteiger partial charge in [-0.15, -0.1) is 0 Å². The Bertz CT molecular complexity index is 1250. The van der Waals surface area contributed by atoms with Crippen LogP contribution in [0.2, 0.25) is 5.02 Å². The molecule has 2 amide bonds. The molecule has 4 rings (SSSR count). The SMILES string of the molecule is N#C/C(C(=O)NCc1ccco1)=C1\S[C@@H](Cc2ccccc2Cl)C(=O)N1c1ccc(Br)cc1. The summed E-state index contributed by atoms with van der Waals surface area (Å²) in [6.07, 6.45) is 1.87. The number of halogens is 2. The van der Waals surface area contributed by atoms with Gasteiger partial charge in [-0.3, -0.25) is 14.5 Å². The van der Waals surface area contributed by atoms with Crippen LogP contribution >= 0.6 is 39.3 Å². The minimum absolute atomic E-state index is 0.129. The molecule has 0 bridgehead atoms. The van der Waals surface area contributed by atoms with Gasteiger partial charge in [-0.2, -0.15) is 5.26 Å². The van der Waals surface area contributed by atoms with E-state index in [1.807, 2.05) is 24.3 Å². The Morgan fingerprint density at radius 1 is 1.18 bits per heavy atom. The summed E-state index contributed by atoms with van der Waals surface area (Å²) in [6.45, 7) is 0.129. The molecule has 0 unspecified atom stereocenters. The highest BCUT2D eigenvalue weighted by Crippen LogP contribution is 2.42. The Labute approximate surface area is 208 Å². The second-order valence-corrected chi connectivity index (χ2v) is 9.62. The highest BCUT2D eigenvalue weighted by atomic mass is 79.9. The molecule has 6 nitrogen and oxygen atoms in total. The molecule has 1 atom stereocenters. The van der Waals surface area contributed by atoms with E-state index in [0.717, 1.165) is 10.0 Å². The second-order valence-electron chi connectivity index (χ2n) is 7.11. The first-order chi connectivity index (χ1) is 16.0. The normalized spacial score (nSPS) is 17.1. The van der Waals surface area contributed by atoms with Crippen molar-refractivity contribution in [3.8, 4) is 6.07 Å². The van der Waals surface area contributed by atoms with Gasteiger partial charge in [0.2, 0.25) is 5.91 Å². The number of rotatable bonds is 6. The van der Waals surface area contributed by atoms with Crippen LogP contribution in [0.5, 0.6) is 0 Å². The maximum Gasteiger partial charge on any atom is 0.265 e. The molecule has 1 fully saturated rings. The van der Waals surface area contributed by atoms with Crippen LogP contribution in [0.1, 0.15) is 11.3 Å². The van der Waals surface area contributed by atoms with E-state index in [1.165, 1.54) is 22.9 Å². The zero-order valence-electron chi connectivity index (χ0n) is 17.1. The van der Waals surface area contributed by atoms with Crippen LogP contribution in [-0.4, -0.2) is 17.1 Å². The number of nitrogens with zero attached hydrogens (tertiary/aromatic N) is 2. The number of hydrogen-bond acceptors (Lipinski definition) is 5. The van der Waals surface area contributed by atoms with Crippen molar-refractivity contribution >= 4 is 56.8 Å². The van der Waals surface area contributed by atoms with Crippen LogP contribution in [0, 0.1) is 11.3 Å². The van der Waals surface area contributed by atoms with Crippen molar-refractivity contribution in [1.29, 1.82) is 5.26 Å². The van der Waals surface area contributed by atoms with Crippen LogP contribution in [0.4, 0.5) is 5.69 Å². The van der Waals surface area contributed by atoms with E-state index in [-0.39, 0.29) is 18.0 Å². The standard InChI is InChI=1S/C24H17BrClN3O3S/c25-16-7-9-17(10-8-16)29-23(31)21(12-15-4-1-2-6-20(15)26)33-24(29)19(13-27)22(30)28-14-18-5-3-11-32-18/h1-11,21H,12,14H2,(H,28,30)/b24-19+/t21-/m0/s1. The van der Waals surface area contributed by atoms with Gasteiger partial charge in [0, 0.05) is 15.2 Å². The number of amides is 2. The zero-order valence-corrected chi connectivity index (χ0v) is 20.3. The first-order valence-electron chi connectivity index (χ1n) is 9.92. The summed E-state index contributed by atoms with van der Waals surface area (Å²) in [6, 6.07) is 19.9. The fraction of sp³-hybridized carbons (Fsp3) is 0.125. The Morgan fingerprint density at radius 2 is 1.94 bits per heavy atom. The Morgan fingerprint density at radius 3 is 2.61 bits per heavy atom. The summed E-state index contributed by atoms with van der Waals surface area (Å²) < 4.78 is 6.08. The maximum absolute atomic E-state index is 13.5. The van der Waals surface area contributed by atoms with Crippen molar-refractivity contribution in [2.45, 2.75) is 18.2 Å². The van der Waals surface area contributed by atoms with Gasteiger partial charge in [0.15, 0.2) is 0 Å². The summed E-state index contributed by atoms with van der Waals surface area (Å²) >= 11 is 10.9. The highest BCUT2D eigenvalue weighted by molar-refractivity contribution is 9.10. The average Bonchev–Trinajstić information content (AvgIpc) is 3.44. The third kappa shape index (κ3) is 5.17. The van der Waals surface area contributed by atoms with E-state index in [4.69, 9.17) is 16.0 Å². The molecule has 1 saturated heterocycles. The summed E-state index contributed by atoms with van der Waals surface area (Å²) in [5.74, 6) is -0.240. The molecule has 166 valence electrons. The van der Waals surface area contributed by atoms with E-state index in [9.17, 15) is 14.9 Å². The fourth-order valence-corrected chi connectivity index (χ4v) is 5.12. The van der Waals surface area contributed by atoms with Crippen molar-refractivity contribution in [3.05, 3.63) is 98.3 Å². The lowest BCUT2D eigenvalue weighted by Gasteiger charge is -2.18. The summed E-state index contributed by atoms with van der Waals surface area (Å²) in [7, 11) is 0. The molecule has 2 aromatic carbocycles. The van der Waals surface area contributed by atoms with Gasteiger partial charge in [-0.1, -0.05) is 57.5 Å². The van der Waals surface area contributed by atoms with Gasteiger partial charge < -0.3 is 9.73 Å². The van der Waals surface area contributed by atoms with Crippen molar-refractivity contribution < 1.29 is 14.0 Å². The summed E-state index contributed by atoms with van der Waals surface area (Å²) in [4.78, 5) is 27.8. The number of carbonyl (C=O) groups is 2. The van der Waals surface area contributed by atoms with Crippen molar-refractivity contribution in [2.75, 3.05) is 4.90 Å². The minimum atomic E-state index is -0.579. The third-order valence-corrected chi connectivity index (χ3v) is 7.12. The van der Waals surface area contributed by atoms with Gasteiger partial charge in [0.25, 0.3) is 5.91 Å². The number of nitriles is 1. The minimum Gasteiger partial charge on any atom is -0.467 e. The number of nitrogens with one attached hydrogen (secondary N) is 1. The molecule has 1 aromatic heterocycles. The molecule has 33 heavy (non-hydrogen) atoms. The van der Waals surface area contributed by atoms with Gasteiger partial charge in [0.1, 0.15) is 22.4 Å². The largest absolute Gasteiger partial charge is 0.467 e. The number of hydrogen-bond donors (Lipinski definition) is 1. The van der Waals surface area contributed by atoms with Crippen LogP contribution in [0.3, 0.4) is 0 Å². The molecule has 3 aromatic rings.